The topological polar surface area (TPSA) is 86.4 Å². The van der Waals surface area contributed by atoms with E-state index in [1.165, 1.54) is 36.7 Å². The maximum Gasteiger partial charge on any atom is 0.419 e. The summed E-state index contributed by atoms with van der Waals surface area (Å²) in [5.41, 5.74) is 1.20. The molecule has 1 aliphatic carbocycles. The normalized spacial score (nSPS) is 14.8. The third-order valence-electron chi connectivity index (χ3n) is 5.36. The van der Waals surface area contributed by atoms with E-state index >= 15 is 0 Å². The number of aryl methyl sites for hydroxylation is 1. The molecule has 1 saturated carbocycles. The Kier molecular flexibility index (Phi) is 5.93. The van der Waals surface area contributed by atoms with E-state index in [1.807, 2.05) is 12.1 Å². The molecule has 29 heavy (non-hydrogen) atoms. The number of oxazole rings is 1. The summed E-state index contributed by atoms with van der Waals surface area (Å²) >= 11 is 0. The molecule has 0 unspecified atom stereocenters. The number of nitrogens with zero attached hydrogens (tertiary/aromatic N) is 2. The Labute approximate surface area is 168 Å². The van der Waals surface area contributed by atoms with E-state index in [4.69, 9.17) is 9.15 Å². The fourth-order valence-electron chi connectivity index (χ4n) is 3.80. The summed E-state index contributed by atoms with van der Waals surface area (Å²) in [5, 5.41) is 2.81. The van der Waals surface area contributed by atoms with Crippen molar-refractivity contribution in [3.8, 4) is 5.75 Å². The molecule has 0 aliphatic heterocycles. The average Bonchev–Trinajstić information content (AvgIpc) is 3.07. The van der Waals surface area contributed by atoms with Gasteiger partial charge in [0.1, 0.15) is 0 Å². The van der Waals surface area contributed by atoms with E-state index in [1.54, 1.807) is 30.5 Å². The van der Waals surface area contributed by atoms with Crippen LogP contribution in [0.1, 0.15) is 38.5 Å². The van der Waals surface area contributed by atoms with Gasteiger partial charge in [0, 0.05) is 19.2 Å². The van der Waals surface area contributed by atoms with Gasteiger partial charge in [-0.05, 0) is 43.0 Å². The number of anilines is 1. The second-order valence-corrected chi connectivity index (χ2v) is 7.45. The second-order valence-electron chi connectivity index (χ2n) is 7.45. The fourth-order valence-corrected chi connectivity index (χ4v) is 3.80. The number of hydrogen-bond acceptors (Lipinski definition) is 5. The van der Waals surface area contributed by atoms with Gasteiger partial charge in [0.05, 0.1) is 12.1 Å². The Bertz CT molecular complexity index is 1030. The highest BCUT2D eigenvalue weighted by atomic mass is 16.5. The zero-order valence-electron chi connectivity index (χ0n) is 16.3. The predicted octanol–water partition coefficient (Wildman–Crippen LogP) is 3.98. The summed E-state index contributed by atoms with van der Waals surface area (Å²) in [5.74, 6) is 0.862. The number of pyridine rings is 1. The molecule has 0 atom stereocenters. The molecule has 1 aromatic carbocycles. The van der Waals surface area contributed by atoms with Gasteiger partial charge < -0.3 is 14.5 Å². The Hall–Kier alpha value is -3.09. The van der Waals surface area contributed by atoms with Crippen molar-refractivity contribution in [2.75, 3.05) is 11.9 Å². The second kappa shape index (κ2) is 8.94. The number of fused-ring (bicyclic) bond motifs is 1. The molecule has 2 heterocycles. The zero-order valence-corrected chi connectivity index (χ0v) is 16.3. The lowest BCUT2D eigenvalue weighted by Gasteiger charge is -2.22. The van der Waals surface area contributed by atoms with Crippen LogP contribution in [0, 0.1) is 5.92 Å². The smallest absolute Gasteiger partial charge is 0.419 e. The van der Waals surface area contributed by atoms with Gasteiger partial charge in [0.2, 0.25) is 5.91 Å². The van der Waals surface area contributed by atoms with Gasteiger partial charge in [0.15, 0.2) is 17.2 Å². The highest BCUT2D eigenvalue weighted by molar-refractivity contribution is 5.91. The lowest BCUT2D eigenvalue weighted by atomic mass is 9.90. The number of nitrogens with one attached hydrogen (secondary N) is 1. The first-order valence-electron chi connectivity index (χ1n) is 10.2. The van der Waals surface area contributed by atoms with Gasteiger partial charge in [-0.2, -0.15) is 0 Å². The number of ether oxygens (including phenoxy) is 1. The third kappa shape index (κ3) is 4.67. The molecule has 3 aromatic rings. The molecular formula is C22H25N3O4. The number of carbonyl (C=O) groups is 1. The molecule has 4 rings (SSSR count). The van der Waals surface area contributed by atoms with Gasteiger partial charge >= 0.3 is 5.76 Å². The Balaban J connectivity index is 1.37. The minimum absolute atomic E-state index is 0.127. The van der Waals surface area contributed by atoms with Crippen LogP contribution in [0.15, 0.2) is 51.8 Å². The molecule has 0 saturated heterocycles. The molecule has 152 valence electrons. The summed E-state index contributed by atoms with van der Waals surface area (Å²) in [6.45, 7) is 0.873. The molecule has 1 amide bonds. The van der Waals surface area contributed by atoms with E-state index in [0.717, 1.165) is 0 Å². The molecule has 7 heteroatoms. The van der Waals surface area contributed by atoms with Crippen LogP contribution in [-0.4, -0.2) is 22.1 Å². The van der Waals surface area contributed by atoms with Crippen molar-refractivity contribution in [2.45, 2.75) is 45.1 Å². The van der Waals surface area contributed by atoms with Crippen LogP contribution in [0.3, 0.4) is 0 Å². The standard InChI is InChI=1S/C22H25N3O4/c26-20(12-14-25-17-9-4-5-10-18(17)29-22(25)27)24-21-19(11-6-13-23-21)28-15-16-7-2-1-3-8-16/h4-6,9-11,13,16H,1-3,7-8,12,14-15H2,(H,23,24,26). The van der Waals surface area contributed by atoms with Crippen molar-refractivity contribution >= 4 is 22.8 Å². The maximum atomic E-state index is 12.5. The molecule has 0 radical (unpaired) electrons. The summed E-state index contributed by atoms with van der Waals surface area (Å²) in [7, 11) is 0. The molecule has 1 aliphatic rings. The lowest BCUT2D eigenvalue weighted by Crippen LogP contribution is -2.21. The van der Waals surface area contributed by atoms with Gasteiger partial charge in [-0.25, -0.2) is 9.78 Å². The lowest BCUT2D eigenvalue weighted by molar-refractivity contribution is -0.116. The van der Waals surface area contributed by atoms with Crippen molar-refractivity contribution in [1.82, 2.24) is 9.55 Å². The van der Waals surface area contributed by atoms with Crippen LogP contribution < -0.4 is 15.8 Å². The number of amides is 1. The highest BCUT2D eigenvalue weighted by Crippen LogP contribution is 2.27. The third-order valence-corrected chi connectivity index (χ3v) is 5.36. The Morgan fingerprint density at radius 3 is 2.86 bits per heavy atom. The Morgan fingerprint density at radius 2 is 2.00 bits per heavy atom. The van der Waals surface area contributed by atoms with Crippen LogP contribution in [0.25, 0.3) is 11.1 Å². The quantitative estimate of drug-likeness (QED) is 0.654. The average molecular weight is 395 g/mol. The summed E-state index contributed by atoms with van der Waals surface area (Å²) in [6, 6.07) is 10.8. The van der Waals surface area contributed by atoms with E-state index in [2.05, 4.69) is 10.3 Å². The van der Waals surface area contributed by atoms with Crippen LogP contribution >= 0.6 is 0 Å². The predicted molar refractivity (Wildman–Crippen MR) is 110 cm³/mol. The first kappa shape index (κ1) is 19.2. The summed E-state index contributed by atoms with van der Waals surface area (Å²) < 4.78 is 12.6. The van der Waals surface area contributed by atoms with Crippen molar-refractivity contribution in [2.24, 2.45) is 5.92 Å². The number of rotatable bonds is 7. The van der Waals surface area contributed by atoms with Crippen molar-refractivity contribution in [1.29, 1.82) is 0 Å². The highest BCUT2D eigenvalue weighted by Gasteiger charge is 2.16. The van der Waals surface area contributed by atoms with Crippen molar-refractivity contribution in [3.63, 3.8) is 0 Å². The number of para-hydroxylation sites is 2. The van der Waals surface area contributed by atoms with Gasteiger partial charge in [-0.3, -0.25) is 9.36 Å². The van der Waals surface area contributed by atoms with Crippen LogP contribution in [-0.2, 0) is 11.3 Å². The monoisotopic (exact) mass is 395 g/mol. The Morgan fingerprint density at radius 1 is 1.17 bits per heavy atom. The summed E-state index contributed by atoms with van der Waals surface area (Å²) in [6.07, 6.45) is 7.95. The largest absolute Gasteiger partial charge is 0.489 e. The number of carbonyl (C=O) groups excluding carboxylic acids is 1. The molecule has 1 fully saturated rings. The molecule has 7 nitrogen and oxygen atoms in total. The van der Waals surface area contributed by atoms with Crippen LogP contribution in [0.2, 0.25) is 0 Å². The molecule has 1 N–H and O–H groups in total. The molecular weight excluding hydrogens is 370 g/mol. The van der Waals surface area contributed by atoms with Crippen molar-refractivity contribution < 1.29 is 13.9 Å². The zero-order chi connectivity index (χ0) is 20.1. The van der Waals surface area contributed by atoms with E-state index < -0.39 is 5.76 Å². The SMILES string of the molecule is O=C(CCn1c(=O)oc2ccccc21)Nc1ncccc1OCC1CCCCC1. The minimum atomic E-state index is -0.464. The van der Waals surface area contributed by atoms with E-state index in [9.17, 15) is 9.59 Å². The maximum absolute atomic E-state index is 12.5. The molecule has 2 aromatic heterocycles. The van der Waals surface area contributed by atoms with Crippen molar-refractivity contribution in [3.05, 3.63) is 53.1 Å². The number of aromatic nitrogens is 2. The van der Waals surface area contributed by atoms with E-state index in [0.29, 0.717) is 35.2 Å². The minimum Gasteiger partial charge on any atom is -0.489 e. The molecule has 0 bridgehead atoms. The van der Waals surface area contributed by atoms with E-state index in [-0.39, 0.29) is 18.9 Å². The fraction of sp³-hybridized carbons (Fsp3) is 0.409. The van der Waals surface area contributed by atoms with Gasteiger partial charge in [-0.1, -0.05) is 31.4 Å². The number of benzene rings is 1. The molecule has 0 spiro atoms. The van der Waals surface area contributed by atoms with Crippen LogP contribution in [0.4, 0.5) is 5.82 Å². The first-order valence-corrected chi connectivity index (χ1v) is 10.2. The number of hydrogen-bond donors (Lipinski definition) is 1. The van der Waals surface area contributed by atoms with Gasteiger partial charge in [-0.15, -0.1) is 0 Å². The summed E-state index contributed by atoms with van der Waals surface area (Å²) in [4.78, 5) is 28.7. The van der Waals surface area contributed by atoms with Gasteiger partial charge in [0.25, 0.3) is 0 Å². The first-order chi connectivity index (χ1) is 14.2. The van der Waals surface area contributed by atoms with Crippen LogP contribution in [0.5, 0.6) is 5.75 Å².